The Morgan fingerprint density at radius 2 is 1.72 bits per heavy atom. The number of rotatable bonds is 2. The summed E-state index contributed by atoms with van der Waals surface area (Å²) in [6.45, 7) is 4.00. The van der Waals surface area contributed by atoms with Crippen molar-refractivity contribution in [3.05, 3.63) is 28.2 Å². The van der Waals surface area contributed by atoms with Gasteiger partial charge in [-0.1, -0.05) is 13.8 Å². The molecule has 0 unspecified atom stereocenters. The molecule has 0 bridgehead atoms. The van der Waals surface area contributed by atoms with Crippen LogP contribution in [0.3, 0.4) is 0 Å². The molecular formula is C10H13BrF3NO2S. The highest BCUT2D eigenvalue weighted by atomic mass is 79.9. The van der Waals surface area contributed by atoms with Crippen molar-refractivity contribution < 1.29 is 21.6 Å². The molecule has 8 heteroatoms. The van der Waals surface area contributed by atoms with E-state index in [1.165, 1.54) is 0 Å². The van der Waals surface area contributed by atoms with Gasteiger partial charge in [0.2, 0.25) is 10.0 Å². The van der Waals surface area contributed by atoms with Gasteiger partial charge in [-0.2, -0.15) is 13.2 Å². The lowest BCUT2D eigenvalue weighted by atomic mass is 10.2. The van der Waals surface area contributed by atoms with Gasteiger partial charge in [-0.15, -0.1) is 0 Å². The second-order valence-electron chi connectivity index (χ2n) is 3.07. The summed E-state index contributed by atoms with van der Waals surface area (Å²) >= 11 is 2.96. The van der Waals surface area contributed by atoms with Gasteiger partial charge in [0.1, 0.15) is 0 Å². The average Bonchev–Trinajstić information content (AvgIpc) is 2.21. The molecule has 0 saturated heterocycles. The molecule has 104 valence electrons. The fraction of sp³-hybridized carbons (Fsp3) is 0.400. The highest BCUT2D eigenvalue weighted by molar-refractivity contribution is 9.10. The Morgan fingerprint density at radius 1 is 1.22 bits per heavy atom. The van der Waals surface area contributed by atoms with Crippen LogP contribution in [0.25, 0.3) is 0 Å². The lowest BCUT2D eigenvalue weighted by molar-refractivity contribution is -0.137. The molecule has 0 aromatic heterocycles. The van der Waals surface area contributed by atoms with Crippen LogP contribution in [0.4, 0.5) is 18.9 Å². The Bertz CT molecular complexity index is 500. The summed E-state index contributed by atoms with van der Waals surface area (Å²) in [6, 6.07) is 2.72. The monoisotopic (exact) mass is 347 g/mol. The molecule has 0 saturated carbocycles. The number of anilines is 1. The van der Waals surface area contributed by atoms with Gasteiger partial charge in [0.05, 0.1) is 17.5 Å². The van der Waals surface area contributed by atoms with Crippen LogP contribution in [0, 0.1) is 0 Å². The molecular weight excluding hydrogens is 335 g/mol. The van der Waals surface area contributed by atoms with Gasteiger partial charge >= 0.3 is 6.18 Å². The molecule has 0 amide bonds. The van der Waals surface area contributed by atoms with Crippen molar-refractivity contribution in [1.82, 2.24) is 0 Å². The molecule has 0 atom stereocenters. The summed E-state index contributed by atoms with van der Waals surface area (Å²) in [5, 5.41) is 0. The van der Waals surface area contributed by atoms with E-state index in [2.05, 4.69) is 15.9 Å². The maximum absolute atomic E-state index is 12.3. The van der Waals surface area contributed by atoms with E-state index in [9.17, 15) is 21.6 Å². The average molecular weight is 348 g/mol. The third kappa shape index (κ3) is 5.72. The van der Waals surface area contributed by atoms with E-state index in [0.717, 1.165) is 24.5 Å². The number of halogens is 4. The van der Waals surface area contributed by atoms with E-state index >= 15 is 0 Å². The quantitative estimate of drug-likeness (QED) is 0.882. The zero-order valence-corrected chi connectivity index (χ0v) is 12.4. The summed E-state index contributed by atoms with van der Waals surface area (Å²) in [4.78, 5) is 0. The lowest BCUT2D eigenvalue weighted by Gasteiger charge is -2.11. The van der Waals surface area contributed by atoms with Crippen LogP contribution < -0.4 is 4.72 Å². The molecule has 1 aromatic rings. The minimum absolute atomic E-state index is 0.141. The molecule has 3 nitrogen and oxygen atoms in total. The first kappa shape index (κ1) is 17.2. The van der Waals surface area contributed by atoms with Gasteiger partial charge < -0.3 is 0 Å². The normalized spacial score (nSPS) is 11.5. The molecule has 1 N–H and O–H groups in total. The Balaban J connectivity index is 0.00000137. The lowest BCUT2D eigenvalue weighted by Crippen LogP contribution is -2.12. The number of alkyl halides is 3. The second kappa shape index (κ2) is 6.42. The van der Waals surface area contributed by atoms with Crippen molar-refractivity contribution in [3.63, 3.8) is 0 Å². The smallest absolute Gasteiger partial charge is 0.283 e. The van der Waals surface area contributed by atoms with Crippen molar-refractivity contribution in [3.8, 4) is 0 Å². The van der Waals surface area contributed by atoms with Crippen molar-refractivity contribution in [1.29, 1.82) is 0 Å². The van der Waals surface area contributed by atoms with Gasteiger partial charge in [-0.25, -0.2) is 8.42 Å². The van der Waals surface area contributed by atoms with Crippen LogP contribution in [0.15, 0.2) is 22.7 Å². The third-order valence-electron chi connectivity index (χ3n) is 1.59. The maximum Gasteiger partial charge on any atom is 0.416 e. The number of hydrogen-bond acceptors (Lipinski definition) is 2. The van der Waals surface area contributed by atoms with Crippen LogP contribution in [-0.4, -0.2) is 14.7 Å². The van der Waals surface area contributed by atoms with Crippen LogP contribution in [-0.2, 0) is 16.2 Å². The summed E-state index contributed by atoms with van der Waals surface area (Å²) in [6.07, 6.45) is -3.64. The van der Waals surface area contributed by atoms with E-state index < -0.39 is 21.8 Å². The summed E-state index contributed by atoms with van der Waals surface area (Å²) in [7, 11) is -3.61. The molecule has 1 rings (SSSR count). The molecule has 0 heterocycles. The Morgan fingerprint density at radius 3 is 2.11 bits per heavy atom. The molecule has 0 aliphatic carbocycles. The standard InChI is InChI=1S/C8H7BrF3NO2S.C2H6/c1-16(14,15)13-7-4-5(8(10,11)12)2-3-6(7)9;1-2/h2-4,13H,1H3;1-2H3. The third-order valence-corrected chi connectivity index (χ3v) is 2.87. The van der Waals surface area contributed by atoms with Gasteiger partial charge in [-0.05, 0) is 34.1 Å². The largest absolute Gasteiger partial charge is 0.416 e. The van der Waals surface area contributed by atoms with Crippen LogP contribution >= 0.6 is 15.9 Å². The van der Waals surface area contributed by atoms with Gasteiger partial charge in [0.25, 0.3) is 0 Å². The molecule has 0 radical (unpaired) electrons. The van der Waals surface area contributed by atoms with E-state index in [1.807, 2.05) is 18.6 Å². The molecule has 0 spiro atoms. The number of hydrogen-bond donors (Lipinski definition) is 1. The van der Waals surface area contributed by atoms with E-state index in [-0.39, 0.29) is 10.2 Å². The first-order valence-electron chi connectivity index (χ1n) is 4.94. The topological polar surface area (TPSA) is 46.2 Å². The predicted octanol–water partition coefficient (Wildman–Crippen LogP) is 3.87. The summed E-state index contributed by atoms with van der Waals surface area (Å²) < 4.78 is 61.0. The molecule has 18 heavy (non-hydrogen) atoms. The Labute approximate surface area is 113 Å². The highest BCUT2D eigenvalue weighted by Gasteiger charge is 2.31. The SMILES string of the molecule is CC.CS(=O)(=O)Nc1cc(C(F)(F)F)ccc1Br. The van der Waals surface area contributed by atoms with Crippen LogP contribution in [0.5, 0.6) is 0 Å². The zero-order valence-electron chi connectivity index (χ0n) is 9.97. The first-order chi connectivity index (χ1) is 8.09. The van der Waals surface area contributed by atoms with Gasteiger partial charge in [-0.3, -0.25) is 4.72 Å². The Kier molecular flexibility index (Phi) is 6.15. The highest BCUT2D eigenvalue weighted by Crippen LogP contribution is 2.34. The van der Waals surface area contributed by atoms with E-state index in [4.69, 9.17) is 0 Å². The number of benzene rings is 1. The minimum Gasteiger partial charge on any atom is -0.283 e. The van der Waals surface area contributed by atoms with Crippen molar-refractivity contribution in [2.24, 2.45) is 0 Å². The van der Waals surface area contributed by atoms with Crippen LogP contribution in [0.2, 0.25) is 0 Å². The molecule has 1 aromatic carbocycles. The molecule has 0 aliphatic heterocycles. The summed E-state index contributed by atoms with van der Waals surface area (Å²) in [5.74, 6) is 0. The Hall–Kier alpha value is -0.760. The minimum atomic E-state index is -4.51. The summed E-state index contributed by atoms with van der Waals surface area (Å²) in [5.41, 5.74) is -1.06. The van der Waals surface area contributed by atoms with Crippen molar-refractivity contribution >= 4 is 31.6 Å². The zero-order chi connectivity index (χ0) is 14.6. The second-order valence-corrected chi connectivity index (χ2v) is 5.67. The van der Waals surface area contributed by atoms with Gasteiger partial charge in [0.15, 0.2) is 0 Å². The van der Waals surface area contributed by atoms with E-state index in [1.54, 1.807) is 0 Å². The fourth-order valence-electron chi connectivity index (χ4n) is 0.980. The van der Waals surface area contributed by atoms with Gasteiger partial charge in [0, 0.05) is 4.47 Å². The van der Waals surface area contributed by atoms with Crippen molar-refractivity contribution in [2.75, 3.05) is 11.0 Å². The molecule has 0 aliphatic rings. The number of nitrogens with one attached hydrogen (secondary N) is 1. The van der Waals surface area contributed by atoms with E-state index in [0.29, 0.717) is 0 Å². The predicted molar refractivity (Wildman–Crippen MR) is 69.0 cm³/mol. The fourth-order valence-corrected chi connectivity index (χ4v) is 2.02. The molecule has 0 fully saturated rings. The maximum atomic E-state index is 12.3. The van der Waals surface area contributed by atoms with Crippen LogP contribution in [0.1, 0.15) is 19.4 Å². The number of sulfonamides is 1. The van der Waals surface area contributed by atoms with Crippen molar-refractivity contribution in [2.45, 2.75) is 20.0 Å². The first-order valence-corrected chi connectivity index (χ1v) is 7.62.